The third-order valence-electron chi connectivity index (χ3n) is 4.10. The number of aromatic nitrogens is 1. The Morgan fingerprint density at radius 2 is 2.05 bits per heavy atom. The molecule has 2 heteroatoms. The number of allylic oxidation sites excluding steroid dienone is 6. The van der Waals surface area contributed by atoms with Gasteiger partial charge in [0.2, 0.25) is 0 Å². The van der Waals surface area contributed by atoms with Crippen molar-refractivity contribution in [1.29, 1.82) is 0 Å². The first-order valence-corrected chi connectivity index (χ1v) is 7.85. The third kappa shape index (κ3) is 3.01. The van der Waals surface area contributed by atoms with Crippen LogP contribution in [0.1, 0.15) is 31.9 Å². The van der Waals surface area contributed by atoms with Gasteiger partial charge in [0.1, 0.15) is 5.83 Å². The summed E-state index contributed by atoms with van der Waals surface area (Å²) < 4.78 is 13.7. The standard InChI is InChI=1S/C20H20FN/c1-2-3-4-8-16-14-17(21)10-11-19(16)20-18-9-6-5-7-15(18)12-13-22-20/h3-7,9-13,16H,2,8,14H2,1H3. The van der Waals surface area contributed by atoms with E-state index in [-0.39, 0.29) is 11.7 Å². The van der Waals surface area contributed by atoms with E-state index in [1.165, 1.54) is 5.39 Å². The first kappa shape index (κ1) is 14.7. The number of benzene rings is 1. The van der Waals surface area contributed by atoms with Crippen LogP contribution in [-0.4, -0.2) is 4.98 Å². The first-order chi connectivity index (χ1) is 10.8. The van der Waals surface area contributed by atoms with E-state index in [1.807, 2.05) is 30.5 Å². The Kier molecular flexibility index (Phi) is 4.47. The normalized spacial score (nSPS) is 18.5. The molecule has 1 aliphatic carbocycles. The van der Waals surface area contributed by atoms with Crippen molar-refractivity contribution >= 4 is 16.3 Å². The van der Waals surface area contributed by atoms with Crippen LogP contribution in [0, 0.1) is 5.92 Å². The molecule has 1 atom stereocenters. The molecule has 0 aliphatic heterocycles. The molecule has 2 aromatic rings. The Bertz CT molecular complexity index is 750. The van der Waals surface area contributed by atoms with Crippen LogP contribution in [0.25, 0.3) is 16.3 Å². The second kappa shape index (κ2) is 6.69. The summed E-state index contributed by atoms with van der Waals surface area (Å²) in [4.78, 5) is 4.59. The van der Waals surface area contributed by atoms with Crippen molar-refractivity contribution in [3.05, 3.63) is 72.4 Å². The molecule has 0 fully saturated rings. The van der Waals surface area contributed by atoms with E-state index in [0.717, 1.165) is 29.5 Å². The maximum atomic E-state index is 13.7. The highest BCUT2D eigenvalue weighted by Gasteiger charge is 2.22. The van der Waals surface area contributed by atoms with Gasteiger partial charge in [0.25, 0.3) is 0 Å². The number of halogens is 1. The quantitative estimate of drug-likeness (QED) is 0.644. The average molecular weight is 293 g/mol. The summed E-state index contributed by atoms with van der Waals surface area (Å²) in [6, 6.07) is 10.3. The molecule has 0 radical (unpaired) electrons. The average Bonchev–Trinajstić information content (AvgIpc) is 2.55. The lowest BCUT2D eigenvalue weighted by Gasteiger charge is -2.22. The molecular formula is C20H20FN. The van der Waals surface area contributed by atoms with Crippen LogP contribution in [0.3, 0.4) is 0 Å². The second-order valence-corrected chi connectivity index (χ2v) is 5.63. The van der Waals surface area contributed by atoms with Gasteiger partial charge in [-0.2, -0.15) is 0 Å². The molecular weight excluding hydrogens is 273 g/mol. The van der Waals surface area contributed by atoms with Crippen molar-refractivity contribution in [3.8, 4) is 0 Å². The molecule has 1 aliphatic rings. The Hall–Kier alpha value is -2.22. The molecule has 112 valence electrons. The molecule has 0 saturated heterocycles. The molecule has 22 heavy (non-hydrogen) atoms. The van der Waals surface area contributed by atoms with Crippen molar-refractivity contribution in [2.75, 3.05) is 0 Å². The summed E-state index contributed by atoms with van der Waals surface area (Å²) in [5.41, 5.74) is 2.12. The van der Waals surface area contributed by atoms with Crippen LogP contribution < -0.4 is 0 Å². The molecule has 1 aromatic carbocycles. The molecule has 1 nitrogen and oxygen atoms in total. The van der Waals surface area contributed by atoms with Gasteiger partial charge in [-0.15, -0.1) is 0 Å². The number of fused-ring (bicyclic) bond motifs is 1. The van der Waals surface area contributed by atoms with Gasteiger partial charge in [0.05, 0.1) is 5.69 Å². The fourth-order valence-electron chi connectivity index (χ4n) is 2.99. The third-order valence-corrected chi connectivity index (χ3v) is 4.10. The highest BCUT2D eigenvalue weighted by atomic mass is 19.1. The van der Waals surface area contributed by atoms with Crippen molar-refractivity contribution in [1.82, 2.24) is 4.98 Å². The van der Waals surface area contributed by atoms with Crippen LogP contribution >= 0.6 is 0 Å². The molecule has 0 saturated carbocycles. The number of hydrogen-bond acceptors (Lipinski definition) is 1. The molecule has 3 rings (SSSR count). The lowest BCUT2D eigenvalue weighted by molar-refractivity contribution is 0.524. The summed E-state index contributed by atoms with van der Waals surface area (Å²) in [6.45, 7) is 2.11. The van der Waals surface area contributed by atoms with Crippen molar-refractivity contribution in [2.24, 2.45) is 5.92 Å². The Morgan fingerprint density at radius 3 is 2.91 bits per heavy atom. The minimum absolute atomic E-state index is 0.0427. The van der Waals surface area contributed by atoms with E-state index >= 15 is 0 Å². The topological polar surface area (TPSA) is 12.9 Å². The monoisotopic (exact) mass is 293 g/mol. The summed E-state index contributed by atoms with van der Waals surface area (Å²) in [7, 11) is 0. The molecule has 1 heterocycles. The maximum Gasteiger partial charge on any atom is 0.101 e. The lowest BCUT2D eigenvalue weighted by atomic mass is 9.84. The van der Waals surface area contributed by atoms with E-state index in [0.29, 0.717) is 6.42 Å². The highest BCUT2D eigenvalue weighted by Crippen LogP contribution is 2.37. The molecule has 0 spiro atoms. The van der Waals surface area contributed by atoms with Gasteiger partial charge in [-0.1, -0.05) is 49.4 Å². The summed E-state index contributed by atoms with van der Waals surface area (Å²) >= 11 is 0. The number of hydrogen-bond donors (Lipinski definition) is 0. The smallest absolute Gasteiger partial charge is 0.101 e. The fourth-order valence-corrected chi connectivity index (χ4v) is 2.99. The zero-order chi connectivity index (χ0) is 15.4. The minimum atomic E-state index is -0.0427. The van der Waals surface area contributed by atoms with E-state index < -0.39 is 0 Å². The zero-order valence-electron chi connectivity index (χ0n) is 12.8. The lowest BCUT2D eigenvalue weighted by Crippen LogP contribution is -2.08. The summed E-state index contributed by atoms with van der Waals surface area (Å²) in [5, 5.41) is 2.31. The highest BCUT2D eigenvalue weighted by molar-refractivity contribution is 5.92. The van der Waals surface area contributed by atoms with Crippen molar-refractivity contribution in [2.45, 2.75) is 26.2 Å². The Labute approximate surface area is 130 Å². The SMILES string of the molecule is CCC=CCC1CC(F)=CC=C1c1nccc2ccccc12. The van der Waals surface area contributed by atoms with Gasteiger partial charge in [-0.25, -0.2) is 4.39 Å². The largest absolute Gasteiger partial charge is 0.256 e. The van der Waals surface area contributed by atoms with Gasteiger partial charge in [-0.05, 0) is 41.9 Å². The van der Waals surface area contributed by atoms with Gasteiger partial charge >= 0.3 is 0 Å². The number of rotatable bonds is 4. The predicted molar refractivity (Wildman–Crippen MR) is 91.1 cm³/mol. The van der Waals surface area contributed by atoms with Crippen LogP contribution in [0.15, 0.2) is 66.7 Å². The van der Waals surface area contributed by atoms with Crippen molar-refractivity contribution in [3.63, 3.8) is 0 Å². The molecule has 0 amide bonds. The zero-order valence-corrected chi connectivity index (χ0v) is 12.8. The molecule has 0 bridgehead atoms. The van der Waals surface area contributed by atoms with Gasteiger partial charge < -0.3 is 0 Å². The van der Waals surface area contributed by atoms with E-state index in [4.69, 9.17) is 0 Å². The molecule has 1 unspecified atom stereocenters. The van der Waals surface area contributed by atoms with E-state index in [1.54, 1.807) is 6.08 Å². The summed E-state index contributed by atoms with van der Waals surface area (Å²) in [6.07, 6.45) is 11.9. The van der Waals surface area contributed by atoms with Crippen LogP contribution in [0.2, 0.25) is 0 Å². The van der Waals surface area contributed by atoms with Crippen LogP contribution in [0.4, 0.5) is 4.39 Å². The predicted octanol–water partition coefficient (Wildman–Crippen LogP) is 5.85. The molecule has 1 aromatic heterocycles. The summed E-state index contributed by atoms with van der Waals surface area (Å²) in [5.74, 6) is 0.116. The Morgan fingerprint density at radius 1 is 1.18 bits per heavy atom. The number of pyridine rings is 1. The Balaban J connectivity index is 2.04. The second-order valence-electron chi connectivity index (χ2n) is 5.63. The van der Waals surface area contributed by atoms with Crippen LogP contribution in [-0.2, 0) is 0 Å². The van der Waals surface area contributed by atoms with Gasteiger partial charge in [0.15, 0.2) is 0 Å². The van der Waals surface area contributed by atoms with Crippen LogP contribution in [0.5, 0.6) is 0 Å². The minimum Gasteiger partial charge on any atom is -0.256 e. The van der Waals surface area contributed by atoms with Gasteiger partial charge in [0, 0.05) is 18.0 Å². The maximum absolute atomic E-state index is 13.7. The number of nitrogens with zero attached hydrogens (tertiary/aromatic N) is 1. The van der Waals surface area contributed by atoms with Gasteiger partial charge in [-0.3, -0.25) is 4.98 Å². The first-order valence-electron chi connectivity index (χ1n) is 7.85. The van der Waals surface area contributed by atoms with E-state index in [9.17, 15) is 4.39 Å². The van der Waals surface area contributed by atoms with Crippen molar-refractivity contribution < 1.29 is 4.39 Å². The van der Waals surface area contributed by atoms with E-state index in [2.05, 4.69) is 36.2 Å². The molecule has 0 N–H and O–H groups in total. The fraction of sp³-hybridized carbons (Fsp3) is 0.250.